The molecule has 4 nitrogen and oxygen atoms in total. The molecule has 0 unspecified atom stereocenters. The van der Waals surface area contributed by atoms with Crippen LogP contribution in [0.3, 0.4) is 0 Å². The molecule has 0 fully saturated rings. The molecular formula is C15H23NO3. The zero-order chi connectivity index (χ0) is 14.6. The molecule has 1 aromatic rings. The first-order valence-electron chi connectivity index (χ1n) is 6.30. The molecular weight excluding hydrogens is 242 g/mol. The summed E-state index contributed by atoms with van der Waals surface area (Å²) in [5, 5.41) is 8.99. The van der Waals surface area contributed by atoms with Crippen LogP contribution in [0.5, 0.6) is 5.75 Å². The van der Waals surface area contributed by atoms with Gasteiger partial charge in [-0.25, -0.2) is 0 Å². The quantitative estimate of drug-likeness (QED) is 0.858. The standard InChI is InChI=1S/C15H23NO3/c1-15(2,9-14(17)18)12-6-7-13(19-5)11(8-12)10-16(3)4/h6-8H,9-10H2,1-5H3,(H,17,18). The minimum Gasteiger partial charge on any atom is -0.496 e. The largest absolute Gasteiger partial charge is 0.496 e. The molecule has 4 heteroatoms. The van der Waals surface area contributed by atoms with Crippen molar-refractivity contribution in [3.63, 3.8) is 0 Å². The number of hydrogen-bond donors (Lipinski definition) is 1. The predicted molar refractivity (Wildman–Crippen MR) is 75.7 cm³/mol. The van der Waals surface area contributed by atoms with Gasteiger partial charge in [-0.1, -0.05) is 26.0 Å². The monoisotopic (exact) mass is 265 g/mol. The summed E-state index contributed by atoms with van der Waals surface area (Å²) < 4.78 is 5.35. The van der Waals surface area contributed by atoms with Crippen LogP contribution in [-0.4, -0.2) is 37.2 Å². The number of aliphatic carboxylic acids is 1. The smallest absolute Gasteiger partial charge is 0.304 e. The van der Waals surface area contributed by atoms with E-state index in [-0.39, 0.29) is 11.8 Å². The highest BCUT2D eigenvalue weighted by molar-refractivity contribution is 5.69. The molecule has 1 rings (SSSR count). The Balaban J connectivity index is 3.13. The Bertz CT molecular complexity index is 453. The second-order valence-electron chi connectivity index (χ2n) is 5.72. The van der Waals surface area contributed by atoms with Crippen LogP contribution in [-0.2, 0) is 16.8 Å². The number of nitrogens with zero attached hydrogens (tertiary/aromatic N) is 1. The van der Waals surface area contributed by atoms with Crippen LogP contribution in [0.2, 0.25) is 0 Å². The van der Waals surface area contributed by atoms with Gasteiger partial charge in [0, 0.05) is 17.5 Å². The van der Waals surface area contributed by atoms with Crippen LogP contribution < -0.4 is 4.74 Å². The molecule has 0 aliphatic carbocycles. The summed E-state index contributed by atoms with van der Waals surface area (Å²) in [6.45, 7) is 4.66. The van der Waals surface area contributed by atoms with E-state index in [4.69, 9.17) is 9.84 Å². The molecule has 19 heavy (non-hydrogen) atoms. The Labute approximate surface area is 115 Å². The van der Waals surface area contributed by atoms with Gasteiger partial charge >= 0.3 is 5.97 Å². The number of hydrogen-bond acceptors (Lipinski definition) is 3. The van der Waals surface area contributed by atoms with Gasteiger partial charge in [0.2, 0.25) is 0 Å². The van der Waals surface area contributed by atoms with Crippen LogP contribution in [0, 0.1) is 0 Å². The second-order valence-corrected chi connectivity index (χ2v) is 5.72. The Morgan fingerprint density at radius 2 is 2.00 bits per heavy atom. The average molecular weight is 265 g/mol. The first kappa shape index (κ1) is 15.5. The average Bonchev–Trinajstić information content (AvgIpc) is 2.26. The van der Waals surface area contributed by atoms with E-state index in [9.17, 15) is 4.79 Å². The molecule has 106 valence electrons. The van der Waals surface area contributed by atoms with Crippen LogP contribution in [0.4, 0.5) is 0 Å². The van der Waals surface area contributed by atoms with Crippen molar-refractivity contribution < 1.29 is 14.6 Å². The van der Waals surface area contributed by atoms with Gasteiger partial charge in [-0.2, -0.15) is 0 Å². The lowest BCUT2D eigenvalue weighted by molar-refractivity contribution is -0.138. The molecule has 1 aromatic carbocycles. The van der Waals surface area contributed by atoms with Gasteiger partial charge in [0.25, 0.3) is 0 Å². The summed E-state index contributed by atoms with van der Waals surface area (Å²) in [6, 6.07) is 5.90. The number of rotatable bonds is 6. The maximum absolute atomic E-state index is 10.9. The first-order chi connectivity index (χ1) is 8.76. The lowest BCUT2D eigenvalue weighted by atomic mass is 9.81. The van der Waals surface area contributed by atoms with Crippen LogP contribution >= 0.6 is 0 Å². The first-order valence-corrected chi connectivity index (χ1v) is 6.30. The van der Waals surface area contributed by atoms with Crippen molar-refractivity contribution in [2.24, 2.45) is 0 Å². The molecule has 0 aliphatic heterocycles. The summed E-state index contributed by atoms with van der Waals surface area (Å²) in [4.78, 5) is 13.0. The van der Waals surface area contributed by atoms with Crippen molar-refractivity contribution in [2.75, 3.05) is 21.2 Å². The van der Waals surface area contributed by atoms with E-state index in [0.717, 1.165) is 23.4 Å². The molecule has 0 bridgehead atoms. The lowest BCUT2D eigenvalue weighted by Gasteiger charge is -2.25. The fraction of sp³-hybridized carbons (Fsp3) is 0.533. The van der Waals surface area contributed by atoms with Crippen molar-refractivity contribution in [3.05, 3.63) is 29.3 Å². The Morgan fingerprint density at radius 1 is 1.37 bits per heavy atom. The molecule has 1 N–H and O–H groups in total. The van der Waals surface area contributed by atoms with Gasteiger partial charge in [0.15, 0.2) is 0 Å². The van der Waals surface area contributed by atoms with E-state index in [2.05, 4.69) is 4.90 Å². The van der Waals surface area contributed by atoms with E-state index < -0.39 is 5.97 Å². The fourth-order valence-electron chi connectivity index (χ4n) is 2.14. The van der Waals surface area contributed by atoms with E-state index in [1.807, 2.05) is 46.1 Å². The highest BCUT2D eigenvalue weighted by atomic mass is 16.5. The zero-order valence-electron chi connectivity index (χ0n) is 12.4. The van der Waals surface area contributed by atoms with Crippen molar-refractivity contribution >= 4 is 5.97 Å². The molecule has 0 saturated carbocycles. The van der Waals surface area contributed by atoms with Gasteiger partial charge in [-0.15, -0.1) is 0 Å². The molecule has 0 aromatic heterocycles. The maximum atomic E-state index is 10.9. The second kappa shape index (κ2) is 6.06. The van der Waals surface area contributed by atoms with Gasteiger partial charge in [0.05, 0.1) is 13.5 Å². The van der Waals surface area contributed by atoms with Gasteiger partial charge in [-0.3, -0.25) is 4.79 Å². The van der Waals surface area contributed by atoms with Crippen molar-refractivity contribution in [3.8, 4) is 5.75 Å². The van der Waals surface area contributed by atoms with E-state index in [1.165, 1.54) is 0 Å². The normalized spacial score (nSPS) is 11.7. The summed E-state index contributed by atoms with van der Waals surface area (Å²) >= 11 is 0. The van der Waals surface area contributed by atoms with Crippen molar-refractivity contribution in [1.82, 2.24) is 4.90 Å². The highest BCUT2D eigenvalue weighted by Crippen LogP contribution is 2.31. The molecule has 0 radical (unpaired) electrons. The van der Waals surface area contributed by atoms with Gasteiger partial charge in [-0.05, 0) is 25.7 Å². The molecule has 0 aliphatic rings. The molecule has 0 saturated heterocycles. The molecule has 0 atom stereocenters. The SMILES string of the molecule is COc1ccc(C(C)(C)CC(=O)O)cc1CN(C)C. The Kier molecular flexibility index (Phi) is 4.95. The minimum atomic E-state index is -0.782. The molecule has 0 heterocycles. The zero-order valence-corrected chi connectivity index (χ0v) is 12.4. The third-order valence-electron chi connectivity index (χ3n) is 3.14. The van der Waals surface area contributed by atoms with Crippen LogP contribution in [0.1, 0.15) is 31.4 Å². The fourth-order valence-corrected chi connectivity index (χ4v) is 2.14. The van der Waals surface area contributed by atoms with E-state index in [1.54, 1.807) is 7.11 Å². The lowest BCUT2D eigenvalue weighted by Crippen LogP contribution is -2.22. The van der Waals surface area contributed by atoms with Gasteiger partial charge < -0.3 is 14.7 Å². The molecule has 0 spiro atoms. The van der Waals surface area contributed by atoms with E-state index in [0.29, 0.717) is 0 Å². The summed E-state index contributed by atoms with van der Waals surface area (Å²) in [6.07, 6.45) is 0.112. The number of benzene rings is 1. The van der Waals surface area contributed by atoms with Gasteiger partial charge in [0.1, 0.15) is 5.75 Å². The number of carboxylic acid groups (broad SMARTS) is 1. The summed E-state index contributed by atoms with van der Waals surface area (Å²) in [7, 11) is 5.64. The Hall–Kier alpha value is -1.55. The van der Waals surface area contributed by atoms with Crippen molar-refractivity contribution in [1.29, 1.82) is 0 Å². The number of ether oxygens (including phenoxy) is 1. The number of carboxylic acids is 1. The number of methoxy groups -OCH3 is 1. The predicted octanol–water partition coefficient (Wildman–Crippen LogP) is 2.51. The summed E-state index contributed by atoms with van der Waals surface area (Å²) in [5.41, 5.74) is 1.70. The van der Waals surface area contributed by atoms with E-state index >= 15 is 0 Å². The maximum Gasteiger partial charge on any atom is 0.304 e. The topological polar surface area (TPSA) is 49.8 Å². The highest BCUT2D eigenvalue weighted by Gasteiger charge is 2.25. The summed E-state index contributed by atoms with van der Waals surface area (Å²) in [5.74, 6) is 0.0542. The minimum absolute atomic E-state index is 0.112. The third kappa shape index (κ3) is 4.24. The third-order valence-corrected chi connectivity index (χ3v) is 3.14. The Morgan fingerprint density at radius 3 is 2.47 bits per heavy atom. The van der Waals surface area contributed by atoms with Crippen molar-refractivity contribution in [2.45, 2.75) is 32.2 Å². The number of carbonyl (C=O) groups is 1. The molecule has 0 amide bonds. The van der Waals surface area contributed by atoms with Crippen LogP contribution in [0.15, 0.2) is 18.2 Å². The van der Waals surface area contributed by atoms with Crippen LogP contribution in [0.25, 0.3) is 0 Å².